The number of aromatic nitrogens is 3. The van der Waals surface area contributed by atoms with Crippen molar-refractivity contribution in [3.05, 3.63) is 27.0 Å². The zero-order chi connectivity index (χ0) is 13.9. The Hall–Kier alpha value is -1.76. The van der Waals surface area contributed by atoms with Crippen molar-refractivity contribution >= 4 is 17.2 Å². The molecule has 1 aliphatic rings. The Morgan fingerprint density at radius 1 is 1.35 bits per heavy atom. The van der Waals surface area contributed by atoms with E-state index in [9.17, 15) is 4.79 Å². The number of fused-ring (bicyclic) bond motifs is 1. The lowest BCUT2D eigenvalue weighted by Gasteiger charge is -2.06. The molecule has 2 heterocycles. The van der Waals surface area contributed by atoms with E-state index < -0.39 is 0 Å². The number of amides is 1. The van der Waals surface area contributed by atoms with E-state index in [0.717, 1.165) is 17.8 Å². The molecule has 6 nitrogen and oxygen atoms in total. The zero-order valence-electron chi connectivity index (χ0n) is 11.3. The molecule has 0 saturated heterocycles. The Morgan fingerprint density at radius 2 is 2.20 bits per heavy atom. The highest BCUT2D eigenvalue weighted by Crippen LogP contribution is 2.26. The van der Waals surface area contributed by atoms with Crippen LogP contribution < -0.4 is 5.32 Å². The summed E-state index contributed by atoms with van der Waals surface area (Å²) in [7, 11) is 0. The molecule has 0 bridgehead atoms. The summed E-state index contributed by atoms with van der Waals surface area (Å²) in [6.45, 7) is 2.26. The summed E-state index contributed by atoms with van der Waals surface area (Å²) < 4.78 is 4.57. The fourth-order valence-corrected chi connectivity index (χ4v) is 3.38. The average molecular weight is 292 g/mol. The highest BCUT2D eigenvalue weighted by Gasteiger charge is 2.16. The monoisotopic (exact) mass is 292 g/mol. The van der Waals surface area contributed by atoms with Gasteiger partial charge in [0.1, 0.15) is 16.4 Å². The van der Waals surface area contributed by atoms with Crippen LogP contribution in [0.25, 0.3) is 0 Å². The molecule has 0 spiro atoms. The van der Waals surface area contributed by atoms with E-state index in [1.165, 1.54) is 23.4 Å². The van der Waals surface area contributed by atoms with Crippen molar-refractivity contribution in [3.8, 4) is 0 Å². The molecule has 2 aromatic rings. The summed E-state index contributed by atoms with van der Waals surface area (Å²) in [6, 6.07) is 0. The van der Waals surface area contributed by atoms with Crippen molar-refractivity contribution in [2.45, 2.75) is 45.6 Å². The Balaban J connectivity index is 1.55. The highest BCUT2D eigenvalue weighted by molar-refractivity contribution is 7.11. The molecule has 1 aliphatic carbocycles. The normalized spacial score (nSPS) is 14.1. The minimum Gasteiger partial charge on any atom is -0.349 e. The summed E-state index contributed by atoms with van der Waals surface area (Å²) in [5.74, 6) is -0.0861. The quantitative estimate of drug-likeness (QED) is 0.925. The van der Waals surface area contributed by atoms with Gasteiger partial charge < -0.3 is 5.32 Å². The van der Waals surface area contributed by atoms with Crippen LogP contribution >= 0.6 is 11.3 Å². The van der Waals surface area contributed by atoms with E-state index in [-0.39, 0.29) is 12.3 Å². The van der Waals surface area contributed by atoms with Gasteiger partial charge in [0.25, 0.3) is 0 Å². The van der Waals surface area contributed by atoms with Crippen LogP contribution in [0.1, 0.15) is 39.8 Å². The molecule has 0 aromatic carbocycles. The second-order valence-corrected chi connectivity index (χ2v) is 6.10. The van der Waals surface area contributed by atoms with Crippen molar-refractivity contribution in [1.29, 1.82) is 0 Å². The summed E-state index contributed by atoms with van der Waals surface area (Å²) >= 11 is 1.72. The molecule has 0 aliphatic heterocycles. The first-order valence-electron chi connectivity index (χ1n) is 6.74. The molecule has 0 unspecified atom stereocenters. The van der Waals surface area contributed by atoms with Crippen molar-refractivity contribution in [1.82, 2.24) is 20.6 Å². The topological polar surface area (TPSA) is 80.9 Å². The maximum absolute atomic E-state index is 11.8. The zero-order valence-corrected chi connectivity index (χ0v) is 12.1. The van der Waals surface area contributed by atoms with E-state index in [1.807, 2.05) is 0 Å². The van der Waals surface area contributed by atoms with Gasteiger partial charge in [-0.2, -0.15) is 0 Å². The van der Waals surface area contributed by atoms with Gasteiger partial charge in [-0.1, -0.05) is 10.3 Å². The van der Waals surface area contributed by atoms with Crippen LogP contribution in [0.3, 0.4) is 0 Å². The first-order valence-corrected chi connectivity index (χ1v) is 7.56. The van der Waals surface area contributed by atoms with Crippen LogP contribution in [0.2, 0.25) is 0 Å². The van der Waals surface area contributed by atoms with E-state index in [2.05, 4.69) is 25.2 Å². The highest BCUT2D eigenvalue weighted by atomic mass is 32.1. The van der Waals surface area contributed by atoms with E-state index >= 15 is 0 Å². The lowest BCUT2D eigenvalue weighted by atomic mass is 10.0. The van der Waals surface area contributed by atoms with Crippen LogP contribution in [-0.4, -0.2) is 21.2 Å². The lowest BCUT2D eigenvalue weighted by Crippen LogP contribution is -2.24. The van der Waals surface area contributed by atoms with Gasteiger partial charge in [0.05, 0.1) is 18.7 Å². The largest absolute Gasteiger partial charge is 0.349 e. The number of aryl methyl sites for hydroxylation is 3. The van der Waals surface area contributed by atoms with E-state index in [4.69, 9.17) is 0 Å². The fourth-order valence-electron chi connectivity index (χ4n) is 2.28. The van der Waals surface area contributed by atoms with Crippen molar-refractivity contribution in [3.63, 3.8) is 0 Å². The summed E-state index contributed by atoms with van der Waals surface area (Å²) in [5.41, 5.74) is 2.47. The number of carbonyl (C=O) groups is 1. The summed E-state index contributed by atoms with van der Waals surface area (Å²) in [4.78, 5) is 17.8. The molecular weight excluding hydrogens is 276 g/mol. The summed E-state index contributed by atoms with van der Waals surface area (Å²) in [6.07, 6.45) is 4.87. The molecule has 0 radical (unpaired) electrons. The van der Waals surface area contributed by atoms with Gasteiger partial charge in [0, 0.05) is 4.88 Å². The molecule has 0 saturated carbocycles. The second kappa shape index (κ2) is 5.70. The van der Waals surface area contributed by atoms with Crippen LogP contribution in [0.4, 0.5) is 0 Å². The van der Waals surface area contributed by atoms with Crippen molar-refractivity contribution in [2.75, 3.05) is 0 Å². The molecule has 20 heavy (non-hydrogen) atoms. The number of thiazole rings is 1. The molecule has 0 fully saturated rings. The molecule has 3 rings (SSSR count). The van der Waals surface area contributed by atoms with Crippen LogP contribution in [0.15, 0.2) is 4.63 Å². The third kappa shape index (κ3) is 2.87. The van der Waals surface area contributed by atoms with Gasteiger partial charge in [-0.3, -0.25) is 4.79 Å². The first kappa shape index (κ1) is 13.2. The number of hydrogen-bond donors (Lipinski definition) is 1. The molecule has 1 amide bonds. The van der Waals surface area contributed by atoms with Gasteiger partial charge in [-0.25, -0.2) is 9.61 Å². The molecule has 106 valence electrons. The Bertz CT molecular complexity index is 596. The minimum atomic E-state index is -0.0861. The van der Waals surface area contributed by atoms with Gasteiger partial charge in [-0.15, -0.1) is 11.3 Å². The molecule has 2 aromatic heterocycles. The fraction of sp³-hybridized carbons (Fsp3) is 0.538. The van der Waals surface area contributed by atoms with Crippen LogP contribution in [-0.2, 0) is 30.6 Å². The maximum Gasteiger partial charge on any atom is 0.226 e. The number of carbonyl (C=O) groups excluding carboxylic acids is 1. The van der Waals surface area contributed by atoms with Crippen molar-refractivity contribution in [2.24, 2.45) is 0 Å². The number of hydrogen-bond acceptors (Lipinski definition) is 6. The number of nitrogens with one attached hydrogen (secondary N) is 1. The van der Waals surface area contributed by atoms with E-state index in [0.29, 0.717) is 17.9 Å². The predicted octanol–water partition coefficient (Wildman–Crippen LogP) is 1.57. The molecule has 7 heteroatoms. The lowest BCUT2D eigenvalue weighted by molar-refractivity contribution is -0.120. The smallest absolute Gasteiger partial charge is 0.226 e. The second-order valence-electron chi connectivity index (χ2n) is 4.93. The van der Waals surface area contributed by atoms with Crippen LogP contribution in [0.5, 0.6) is 0 Å². The van der Waals surface area contributed by atoms with Gasteiger partial charge in [-0.05, 0) is 32.6 Å². The minimum absolute atomic E-state index is 0.0861. The summed E-state index contributed by atoms with van der Waals surface area (Å²) in [5, 5.41) is 11.2. The standard InChI is InChI=1S/C13H16N4O2S/c1-8-10(17-19-16-8)6-12(18)14-7-13-15-9-4-2-3-5-11(9)20-13/h2-7H2,1H3,(H,14,18). The van der Waals surface area contributed by atoms with Crippen LogP contribution in [0, 0.1) is 6.92 Å². The third-order valence-corrected chi connectivity index (χ3v) is 4.56. The molecular formula is C13H16N4O2S. The number of nitrogens with zero attached hydrogens (tertiary/aromatic N) is 3. The van der Waals surface area contributed by atoms with E-state index in [1.54, 1.807) is 18.3 Å². The van der Waals surface area contributed by atoms with Crippen molar-refractivity contribution < 1.29 is 9.42 Å². The van der Waals surface area contributed by atoms with Gasteiger partial charge >= 0.3 is 0 Å². The average Bonchev–Trinajstić information content (AvgIpc) is 3.03. The Morgan fingerprint density at radius 3 is 2.95 bits per heavy atom. The Kier molecular flexibility index (Phi) is 3.77. The first-order chi connectivity index (χ1) is 9.72. The molecule has 1 N–H and O–H groups in total. The SMILES string of the molecule is Cc1nonc1CC(=O)NCc1nc2c(s1)CCCC2. The van der Waals surface area contributed by atoms with Gasteiger partial charge in [0.2, 0.25) is 5.91 Å². The molecule has 0 atom stereocenters. The predicted molar refractivity (Wildman–Crippen MR) is 73.3 cm³/mol. The van der Waals surface area contributed by atoms with Gasteiger partial charge in [0.15, 0.2) is 0 Å². The maximum atomic E-state index is 11.8. The third-order valence-electron chi connectivity index (χ3n) is 3.40. The Labute approximate surface area is 120 Å². The number of rotatable bonds is 4.